The average molecular weight is 389 g/mol. The molecule has 150 valence electrons. The minimum Gasteiger partial charge on any atom is -0.478 e. The van der Waals surface area contributed by atoms with Crippen LogP contribution in [-0.4, -0.2) is 59.5 Å². The molecule has 3 rings (SSSR count). The predicted octanol–water partition coefficient (Wildman–Crippen LogP) is 1.29. The van der Waals surface area contributed by atoms with Gasteiger partial charge in [0.2, 0.25) is 0 Å². The highest BCUT2D eigenvalue weighted by Crippen LogP contribution is 2.21. The van der Waals surface area contributed by atoms with Crippen molar-refractivity contribution in [3.05, 3.63) is 47.7 Å². The smallest absolute Gasteiger partial charge is 0.407 e. The van der Waals surface area contributed by atoms with E-state index in [0.717, 1.165) is 24.9 Å². The van der Waals surface area contributed by atoms with Crippen LogP contribution in [0.25, 0.3) is 10.9 Å². The molecular weight excluding hydrogens is 366 g/mol. The summed E-state index contributed by atoms with van der Waals surface area (Å²) in [5.41, 5.74) is 3.70. The number of carbonyl (C=O) groups is 3. The zero-order valence-corrected chi connectivity index (χ0v) is 15.4. The van der Waals surface area contributed by atoms with Crippen molar-refractivity contribution in [1.29, 1.82) is 0 Å². The molecule has 1 amide bonds. The van der Waals surface area contributed by atoms with Crippen molar-refractivity contribution in [2.45, 2.75) is 18.9 Å². The van der Waals surface area contributed by atoms with Crippen LogP contribution in [0.5, 0.6) is 0 Å². The molecule has 2 aromatic rings. The molecule has 1 aliphatic rings. The number of hydrogen-bond donors (Lipinski definition) is 5. The van der Waals surface area contributed by atoms with Gasteiger partial charge in [-0.05, 0) is 49.7 Å². The van der Waals surface area contributed by atoms with Crippen LogP contribution in [0.15, 0.2) is 36.5 Å². The molecule has 0 saturated carbocycles. The standard InChI is InChI=1S/C15H19N3O2.C4H4O4/c1-16-5-4-11-8-17-14-3-2-10(7-13(11)14)6-12-9-20-15(19)18-12;5-3(6)1-2-4(7)8/h2-3,7-8,12,16-17H,4-6,9H2,1H3,(H,18,19);1-2H,(H,5,6)(H,7,8)/t12-;/m0./s1. The number of amides is 1. The van der Waals surface area contributed by atoms with Gasteiger partial charge in [0.15, 0.2) is 0 Å². The van der Waals surface area contributed by atoms with Crippen LogP contribution in [0.2, 0.25) is 0 Å². The Bertz CT molecular complexity index is 858. The minimum absolute atomic E-state index is 0.0830. The molecule has 5 N–H and O–H groups in total. The maximum Gasteiger partial charge on any atom is 0.407 e. The number of alkyl carbamates (subject to hydrolysis) is 1. The van der Waals surface area contributed by atoms with Crippen LogP contribution < -0.4 is 10.6 Å². The molecular formula is C19H23N3O6. The van der Waals surface area contributed by atoms with Gasteiger partial charge in [-0.25, -0.2) is 14.4 Å². The Labute approximate surface area is 161 Å². The first-order chi connectivity index (χ1) is 13.4. The number of carboxylic acid groups (broad SMARTS) is 2. The lowest BCUT2D eigenvalue weighted by Gasteiger charge is -2.08. The third-order valence-electron chi connectivity index (χ3n) is 4.06. The van der Waals surface area contributed by atoms with Crippen molar-refractivity contribution < 1.29 is 29.3 Å². The van der Waals surface area contributed by atoms with Gasteiger partial charge >= 0.3 is 18.0 Å². The maximum atomic E-state index is 11.0. The number of carbonyl (C=O) groups excluding carboxylic acids is 1. The lowest BCUT2D eigenvalue weighted by atomic mass is 10.0. The topological polar surface area (TPSA) is 141 Å². The lowest BCUT2D eigenvalue weighted by molar-refractivity contribution is -0.134. The van der Waals surface area contributed by atoms with Crippen LogP contribution in [-0.2, 0) is 27.2 Å². The minimum atomic E-state index is -1.26. The van der Waals surface area contributed by atoms with Gasteiger partial charge in [-0.15, -0.1) is 0 Å². The quantitative estimate of drug-likeness (QED) is 0.449. The summed E-state index contributed by atoms with van der Waals surface area (Å²) in [5, 5.41) is 22.9. The fourth-order valence-corrected chi connectivity index (χ4v) is 2.78. The van der Waals surface area contributed by atoms with E-state index in [-0.39, 0.29) is 12.1 Å². The second-order valence-corrected chi connectivity index (χ2v) is 6.20. The number of aromatic nitrogens is 1. The number of H-pyrrole nitrogens is 1. The molecule has 28 heavy (non-hydrogen) atoms. The molecule has 1 aromatic heterocycles. The van der Waals surface area contributed by atoms with E-state index in [1.54, 1.807) is 0 Å². The molecule has 1 atom stereocenters. The summed E-state index contributed by atoms with van der Waals surface area (Å²) in [5.74, 6) is -2.51. The highest BCUT2D eigenvalue weighted by atomic mass is 16.6. The van der Waals surface area contributed by atoms with E-state index in [1.165, 1.54) is 16.5 Å². The first kappa shape index (κ1) is 21.0. The van der Waals surface area contributed by atoms with E-state index in [9.17, 15) is 14.4 Å². The molecule has 9 heteroatoms. The average Bonchev–Trinajstić information content (AvgIpc) is 3.24. The summed E-state index contributed by atoms with van der Waals surface area (Å²) >= 11 is 0. The fourth-order valence-electron chi connectivity index (χ4n) is 2.78. The van der Waals surface area contributed by atoms with Gasteiger partial charge in [-0.3, -0.25) is 0 Å². The predicted molar refractivity (Wildman–Crippen MR) is 102 cm³/mol. The number of benzene rings is 1. The molecule has 9 nitrogen and oxygen atoms in total. The van der Waals surface area contributed by atoms with E-state index in [2.05, 4.69) is 40.0 Å². The van der Waals surface area contributed by atoms with Gasteiger partial charge in [0.05, 0.1) is 6.04 Å². The Morgan fingerprint density at radius 1 is 1.29 bits per heavy atom. The van der Waals surface area contributed by atoms with E-state index >= 15 is 0 Å². The molecule has 0 bridgehead atoms. The monoisotopic (exact) mass is 389 g/mol. The summed E-state index contributed by atoms with van der Waals surface area (Å²) in [7, 11) is 1.96. The normalized spacial score (nSPS) is 15.8. The zero-order valence-electron chi connectivity index (χ0n) is 15.4. The molecule has 0 aliphatic carbocycles. The third-order valence-corrected chi connectivity index (χ3v) is 4.06. The Morgan fingerprint density at radius 2 is 2.00 bits per heavy atom. The van der Waals surface area contributed by atoms with Gasteiger partial charge in [-0.2, -0.15) is 0 Å². The van der Waals surface area contributed by atoms with E-state index in [1.807, 2.05) is 7.05 Å². The van der Waals surface area contributed by atoms with Crippen molar-refractivity contribution >= 4 is 28.9 Å². The Balaban J connectivity index is 0.000000300. The van der Waals surface area contributed by atoms with Crippen LogP contribution >= 0.6 is 0 Å². The number of nitrogens with one attached hydrogen (secondary N) is 3. The highest BCUT2D eigenvalue weighted by molar-refractivity contribution is 5.89. The molecule has 1 saturated heterocycles. The molecule has 1 aliphatic heterocycles. The van der Waals surface area contributed by atoms with Gasteiger partial charge < -0.3 is 30.6 Å². The maximum absolute atomic E-state index is 11.0. The molecule has 0 unspecified atom stereocenters. The van der Waals surface area contributed by atoms with Crippen molar-refractivity contribution in [2.24, 2.45) is 0 Å². The summed E-state index contributed by atoms with van der Waals surface area (Å²) in [4.78, 5) is 33.5. The number of carboxylic acids is 2. The first-order valence-electron chi connectivity index (χ1n) is 8.69. The van der Waals surface area contributed by atoms with Crippen LogP contribution in [0.1, 0.15) is 11.1 Å². The SMILES string of the molecule is CNCCc1c[nH]c2ccc(C[C@H]3COC(=O)N3)cc12.O=C(O)C=CC(=O)O. The zero-order chi connectivity index (χ0) is 20.5. The molecule has 0 radical (unpaired) electrons. The van der Waals surface area contributed by atoms with Gasteiger partial charge in [0, 0.05) is 29.3 Å². The van der Waals surface area contributed by atoms with Gasteiger partial charge in [-0.1, -0.05) is 6.07 Å². The Hall–Kier alpha value is -3.33. The van der Waals surface area contributed by atoms with Crippen molar-refractivity contribution in [3.63, 3.8) is 0 Å². The summed E-state index contributed by atoms with van der Waals surface area (Å²) in [6.45, 7) is 1.42. The van der Waals surface area contributed by atoms with Gasteiger partial charge in [0.25, 0.3) is 0 Å². The summed E-state index contributed by atoms with van der Waals surface area (Å²) in [6.07, 6.45) is 4.69. The van der Waals surface area contributed by atoms with Crippen molar-refractivity contribution in [3.8, 4) is 0 Å². The number of aliphatic carboxylic acids is 2. The number of fused-ring (bicyclic) bond motifs is 1. The number of hydrogen-bond acceptors (Lipinski definition) is 5. The van der Waals surface area contributed by atoms with E-state index in [4.69, 9.17) is 14.9 Å². The van der Waals surface area contributed by atoms with Gasteiger partial charge in [0.1, 0.15) is 6.61 Å². The number of rotatable bonds is 7. The first-order valence-corrected chi connectivity index (χ1v) is 8.69. The number of likely N-dealkylation sites (N-methyl/N-ethyl adjacent to an activating group) is 1. The van der Waals surface area contributed by atoms with E-state index in [0.29, 0.717) is 18.8 Å². The Morgan fingerprint density at radius 3 is 2.57 bits per heavy atom. The second kappa shape index (κ2) is 10.1. The molecule has 1 aromatic carbocycles. The summed E-state index contributed by atoms with van der Waals surface area (Å²) in [6, 6.07) is 6.50. The fraction of sp³-hybridized carbons (Fsp3) is 0.316. The Kier molecular flexibility index (Phi) is 7.58. The number of aromatic amines is 1. The van der Waals surface area contributed by atoms with Crippen molar-refractivity contribution in [1.82, 2.24) is 15.6 Å². The third kappa shape index (κ3) is 6.44. The highest BCUT2D eigenvalue weighted by Gasteiger charge is 2.22. The van der Waals surface area contributed by atoms with Crippen LogP contribution in [0.3, 0.4) is 0 Å². The van der Waals surface area contributed by atoms with Crippen molar-refractivity contribution in [2.75, 3.05) is 20.2 Å². The number of ether oxygens (including phenoxy) is 1. The van der Waals surface area contributed by atoms with E-state index < -0.39 is 11.9 Å². The molecule has 0 spiro atoms. The largest absolute Gasteiger partial charge is 0.478 e. The second-order valence-electron chi connectivity index (χ2n) is 6.20. The molecule has 2 heterocycles. The van der Waals surface area contributed by atoms with Crippen LogP contribution in [0, 0.1) is 0 Å². The summed E-state index contributed by atoms with van der Waals surface area (Å²) < 4.78 is 4.92. The van der Waals surface area contributed by atoms with Crippen LogP contribution in [0.4, 0.5) is 4.79 Å². The molecule has 1 fully saturated rings. The number of cyclic esters (lactones) is 1. The lowest BCUT2D eigenvalue weighted by Crippen LogP contribution is -2.28.